The molecular formula is C23H21N5O4S. The van der Waals surface area contributed by atoms with Crippen molar-refractivity contribution in [3.63, 3.8) is 0 Å². The fourth-order valence-electron chi connectivity index (χ4n) is 3.35. The number of amides is 1. The predicted molar refractivity (Wildman–Crippen MR) is 124 cm³/mol. The third-order valence-corrected chi connectivity index (χ3v) is 6.36. The van der Waals surface area contributed by atoms with Crippen LogP contribution >= 0.6 is 0 Å². The average molecular weight is 464 g/mol. The minimum Gasteiger partial charge on any atom is -0.346 e. The Balaban J connectivity index is 1.56. The average Bonchev–Trinajstić information content (AvgIpc) is 2.78. The molecule has 9 nitrogen and oxygen atoms in total. The molecule has 4 aromatic heterocycles. The zero-order valence-electron chi connectivity index (χ0n) is 18.2. The molecule has 2 N–H and O–H groups in total. The maximum absolute atomic E-state index is 12.6. The number of rotatable bonds is 5. The van der Waals surface area contributed by atoms with Gasteiger partial charge in [0.2, 0.25) is 0 Å². The lowest BCUT2D eigenvalue weighted by molar-refractivity contribution is 0.0950. The molecule has 33 heavy (non-hydrogen) atoms. The third-order valence-electron chi connectivity index (χ3n) is 5.15. The maximum atomic E-state index is 12.6. The van der Waals surface area contributed by atoms with E-state index in [-0.39, 0.29) is 22.6 Å². The lowest BCUT2D eigenvalue weighted by Crippen LogP contribution is -2.24. The number of carbonyl (C=O) groups excluding carboxylic acids is 1. The molecule has 1 amide bonds. The van der Waals surface area contributed by atoms with Crippen LogP contribution < -0.4 is 10.9 Å². The van der Waals surface area contributed by atoms with Crippen molar-refractivity contribution in [2.24, 2.45) is 0 Å². The highest BCUT2D eigenvalue weighted by atomic mass is 32.2. The number of fused-ring (bicyclic) bond motifs is 1. The van der Waals surface area contributed by atoms with E-state index in [4.69, 9.17) is 0 Å². The largest absolute Gasteiger partial charge is 0.346 e. The molecule has 4 heterocycles. The summed E-state index contributed by atoms with van der Waals surface area (Å²) in [7, 11) is -3.50. The van der Waals surface area contributed by atoms with Crippen LogP contribution in [0.25, 0.3) is 22.2 Å². The number of sulfone groups is 1. The van der Waals surface area contributed by atoms with Crippen molar-refractivity contribution >= 4 is 26.6 Å². The Bertz CT molecular complexity index is 1560. The molecule has 0 saturated heterocycles. The van der Waals surface area contributed by atoms with Crippen molar-refractivity contribution in [2.75, 3.05) is 6.26 Å². The van der Waals surface area contributed by atoms with Crippen molar-refractivity contribution in [3.05, 3.63) is 81.8 Å². The molecule has 0 atom stereocenters. The van der Waals surface area contributed by atoms with Gasteiger partial charge in [-0.15, -0.1) is 0 Å². The summed E-state index contributed by atoms with van der Waals surface area (Å²) in [6, 6.07) is 8.60. The molecular weight excluding hydrogens is 442 g/mol. The molecule has 0 aliphatic heterocycles. The molecule has 0 aliphatic rings. The van der Waals surface area contributed by atoms with Gasteiger partial charge in [0.25, 0.3) is 11.5 Å². The number of aromatic amines is 1. The second-order valence-corrected chi connectivity index (χ2v) is 9.71. The first-order chi connectivity index (χ1) is 15.6. The van der Waals surface area contributed by atoms with E-state index >= 15 is 0 Å². The molecule has 0 aromatic carbocycles. The van der Waals surface area contributed by atoms with E-state index in [1.807, 2.05) is 12.1 Å². The second kappa shape index (κ2) is 8.55. The van der Waals surface area contributed by atoms with E-state index in [2.05, 4.69) is 25.3 Å². The first-order valence-electron chi connectivity index (χ1n) is 10.0. The van der Waals surface area contributed by atoms with Gasteiger partial charge < -0.3 is 10.3 Å². The number of aromatic nitrogens is 4. The van der Waals surface area contributed by atoms with Gasteiger partial charge in [-0.3, -0.25) is 19.6 Å². The Labute approximate surface area is 189 Å². The number of nitrogens with one attached hydrogen (secondary N) is 2. The van der Waals surface area contributed by atoms with Gasteiger partial charge in [-0.2, -0.15) is 0 Å². The molecule has 10 heteroatoms. The minimum absolute atomic E-state index is 0.0215. The van der Waals surface area contributed by atoms with Crippen molar-refractivity contribution in [1.82, 2.24) is 25.3 Å². The van der Waals surface area contributed by atoms with Crippen LogP contribution in [0.15, 0.2) is 58.6 Å². The maximum Gasteiger partial charge on any atom is 0.253 e. The molecule has 168 valence electrons. The van der Waals surface area contributed by atoms with Crippen LogP contribution in [-0.2, 0) is 16.4 Å². The van der Waals surface area contributed by atoms with Crippen LogP contribution in [-0.4, -0.2) is 40.5 Å². The lowest BCUT2D eigenvalue weighted by atomic mass is 10.1. The third kappa shape index (κ3) is 4.80. The topological polar surface area (TPSA) is 135 Å². The number of nitrogens with zero attached hydrogens (tertiary/aromatic N) is 3. The highest BCUT2D eigenvalue weighted by molar-refractivity contribution is 7.90. The molecule has 0 saturated carbocycles. The Morgan fingerprint density at radius 1 is 1.09 bits per heavy atom. The van der Waals surface area contributed by atoms with Crippen LogP contribution in [0, 0.1) is 13.8 Å². The van der Waals surface area contributed by atoms with E-state index in [0.717, 1.165) is 17.2 Å². The summed E-state index contributed by atoms with van der Waals surface area (Å²) in [4.78, 5) is 39.9. The Morgan fingerprint density at radius 2 is 1.88 bits per heavy atom. The Morgan fingerprint density at radius 3 is 2.61 bits per heavy atom. The number of pyridine rings is 4. The number of aryl methyl sites for hydroxylation is 2. The zero-order valence-corrected chi connectivity index (χ0v) is 19.0. The van der Waals surface area contributed by atoms with Gasteiger partial charge in [0.05, 0.1) is 39.6 Å². The Hall–Kier alpha value is -3.92. The van der Waals surface area contributed by atoms with Gasteiger partial charge >= 0.3 is 0 Å². The monoisotopic (exact) mass is 463 g/mol. The summed E-state index contributed by atoms with van der Waals surface area (Å²) < 4.78 is 23.8. The summed E-state index contributed by atoms with van der Waals surface area (Å²) in [5.74, 6) is -0.459. The van der Waals surface area contributed by atoms with Crippen LogP contribution in [0.5, 0.6) is 0 Å². The molecule has 0 spiro atoms. The van der Waals surface area contributed by atoms with E-state index in [1.54, 1.807) is 38.4 Å². The van der Waals surface area contributed by atoms with Gasteiger partial charge in [-0.25, -0.2) is 13.4 Å². The van der Waals surface area contributed by atoms with Crippen molar-refractivity contribution in [3.8, 4) is 11.3 Å². The van der Waals surface area contributed by atoms with Gasteiger partial charge in [0, 0.05) is 41.4 Å². The van der Waals surface area contributed by atoms with Gasteiger partial charge in [-0.05, 0) is 44.2 Å². The SMILES string of the molecule is Cc1ncc(C(=O)NCc2cc3nc(-c4c[nH]c(=O)c(C)c4)ccc3cn2)cc1S(C)(=O)=O. The highest BCUT2D eigenvalue weighted by Gasteiger charge is 2.16. The molecule has 0 radical (unpaired) electrons. The summed E-state index contributed by atoms with van der Waals surface area (Å²) >= 11 is 0. The van der Waals surface area contributed by atoms with E-state index in [1.165, 1.54) is 12.3 Å². The van der Waals surface area contributed by atoms with E-state index < -0.39 is 15.7 Å². The van der Waals surface area contributed by atoms with Gasteiger partial charge in [-0.1, -0.05) is 0 Å². The lowest BCUT2D eigenvalue weighted by Gasteiger charge is -2.09. The molecule has 0 bridgehead atoms. The van der Waals surface area contributed by atoms with Crippen LogP contribution in [0.3, 0.4) is 0 Å². The first-order valence-corrected chi connectivity index (χ1v) is 11.9. The van der Waals surface area contributed by atoms with Crippen molar-refractivity contribution in [2.45, 2.75) is 25.3 Å². The predicted octanol–water partition coefficient (Wildman–Crippen LogP) is 2.33. The Kier molecular flexibility index (Phi) is 5.77. The first kappa shape index (κ1) is 22.3. The van der Waals surface area contributed by atoms with E-state index in [0.29, 0.717) is 28.2 Å². The smallest absolute Gasteiger partial charge is 0.253 e. The number of H-pyrrole nitrogens is 1. The molecule has 0 fully saturated rings. The minimum atomic E-state index is -3.50. The highest BCUT2D eigenvalue weighted by Crippen LogP contribution is 2.21. The van der Waals surface area contributed by atoms with Crippen LogP contribution in [0.4, 0.5) is 0 Å². The van der Waals surface area contributed by atoms with Crippen LogP contribution in [0.2, 0.25) is 0 Å². The number of hydrogen-bond acceptors (Lipinski definition) is 7. The van der Waals surface area contributed by atoms with Crippen molar-refractivity contribution < 1.29 is 13.2 Å². The molecule has 4 rings (SSSR count). The summed E-state index contributed by atoms with van der Waals surface area (Å²) in [5, 5.41) is 3.56. The van der Waals surface area contributed by atoms with Gasteiger partial charge in [0.15, 0.2) is 9.84 Å². The van der Waals surface area contributed by atoms with Crippen molar-refractivity contribution in [1.29, 1.82) is 0 Å². The number of carbonyl (C=O) groups is 1. The zero-order chi connectivity index (χ0) is 23.8. The summed E-state index contributed by atoms with van der Waals surface area (Å²) in [6.45, 7) is 3.43. The fourth-order valence-corrected chi connectivity index (χ4v) is 4.28. The normalized spacial score (nSPS) is 11.5. The van der Waals surface area contributed by atoms with Gasteiger partial charge in [0.1, 0.15) is 0 Å². The molecule has 4 aromatic rings. The number of hydrogen-bond donors (Lipinski definition) is 2. The van der Waals surface area contributed by atoms with E-state index in [9.17, 15) is 18.0 Å². The standard InChI is InChI=1S/C23H21N5O4S/c1-13-6-16(10-26-22(13)29)19-5-4-15-9-25-18(8-20(15)28-19)12-27-23(30)17-7-21(33(3,31)32)14(2)24-11-17/h4-11H,12H2,1-3H3,(H,26,29)(H,27,30). The molecule has 0 aliphatic carbocycles. The second-order valence-electron chi connectivity index (χ2n) is 7.73. The summed E-state index contributed by atoms with van der Waals surface area (Å²) in [6.07, 6.45) is 5.70. The van der Waals surface area contributed by atoms with Crippen LogP contribution in [0.1, 0.15) is 27.3 Å². The molecule has 0 unspecified atom stereocenters. The fraction of sp³-hybridized carbons (Fsp3) is 0.174. The summed E-state index contributed by atoms with van der Waals surface area (Å²) in [5.41, 5.74) is 3.69. The quantitative estimate of drug-likeness (QED) is 0.464.